The minimum Gasteiger partial charge on any atom is -0.468 e. The molecular formula is C10H12N2OS. The molecule has 2 rings (SSSR count). The SMILES string of the molecule is Cc1cnc(CC(N)c2ccco2)s1. The van der Waals surface area contributed by atoms with E-state index in [0.29, 0.717) is 0 Å². The van der Waals surface area contributed by atoms with Gasteiger partial charge in [0.1, 0.15) is 5.76 Å². The van der Waals surface area contributed by atoms with Crippen LogP contribution in [0.4, 0.5) is 0 Å². The molecule has 0 saturated heterocycles. The van der Waals surface area contributed by atoms with E-state index >= 15 is 0 Å². The lowest BCUT2D eigenvalue weighted by molar-refractivity contribution is 0.464. The second kappa shape index (κ2) is 3.94. The molecule has 0 amide bonds. The standard InChI is InChI=1S/C10H12N2OS/c1-7-6-12-10(14-7)5-8(11)9-3-2-4-13-9/h2-4,6,8H,5,11H2,1H3. The van der Waals surface area contributed by atoms with Crippen LogP contribution in [-0.4, -0.2) is 4.98 Å². The second-order valence-corrected chi connectivity index (χ2v) is 4.51. The fraction of sp³-hybridized carbons (Fsp3) is 0.300. The average Bonchev–Trinajstić information content (AvgIpc) is 2.75. The molecule has 74 valence electrons. The van der Waals surface area contributed by atoms with Crippen LogP contribution < -0.4 is 5.73 Å². The first-order valence-corrected chi connectivity index (χ1v) is 5.27. The summed E-state index contributed by atoms with van der Waals surface area (Å²) in [5, 5.41) is 1.06. The van der Waals surface area contributed by atoms with E-state index in [1.54, 1.807) is 17.6 Å². The van der Waals surface area contributed by atoms with Crippen LogP contribution in [0.2, 0.25) is 0 Å². The number of aryl methyl sites for hydroxylation is 1. The highest BCUT2D eigenvalue weighted by atomic mass is 32.1. The Hall–Kier alpha value is -1.13. The lowest BCUT2D eigenvalue weighted by Crippen LogP contribution is -2.12. The predicted molar refractivity (Wildman–Crippen MR) is 56.2 cm³/mol. The zero-order chi connectivity index (χ0) is 9.97. The van der Waals surface area contributed by atoms with Gasteiger partial charge in [-0.3, -0.25) is 0 Å². The Morgan fingerprint density at radius 2 is 2.50 bits per heavy atom. The van der Waals surface area contributed by atoms with E-state index in [2.05, 4.69) is 4.98 Å². The van der Waals surface area contributed by atoms with Gasteiger partial charge in [-0.2, -0.15) is 0 Å². The number of hydrogen-bond acceptors (Lipinski definition) is 4. The van der Waals surface area contributed by atoms with E-state index < -0.39 is 0 Å². The molecule has 0 radical (unpaired) electrons. The maximum Gasteiger partial charge on any atom is 0.120 e. The summed E-state index contributed by atoms with van der Waals surface area (Å²) >= 11 is 1.68. The Labute approximate surface area is 86.6 Å². The van der Waals surface area contributed by atoms with Gasteiger partial charge < -0.3 is 10.2 Å². The van der Waals surface area contributed by atoms with Gasteiger partial charge in [-0.25, -0.2) is 4.98 Å². The molecule has 0 saturated carbocycles. The van der Waals surface area contributed by atoms with E-state index in [4.69, 9.17) is 10.2 Å². The summed E-state index contributed by atoms with van der Waals surface area (Å²) in [6, 6.07) is 3.66. The van der Waals surface area contributed by atoms with E-state index in [0.717, 1.165) is 17.2 Å². The summed E-state index contributed by atoms with van der Waals surface area (Å²) in [6.45, 7) is 2.04. The number of nitrogens with zero attached hydrogens (tertiary/aromatic N) is 1. The molecular weight excluding hydrogens is 196 g/mol. The quantitative estimate of drug-likeness (QED) is 0.842. The molecule has 4 heteroatoms. The molecule has 2 aromatic heterocycles. The first-order chi connectivity index (χ1) is 6.75. The lowest BCUT2D eigenvalue weighted by Gasteiger charge is -2.05. The van der Waals surface area contributed by atoms with Crippen molar-refractivity contribution in [3.05, 3.63) is 40.2 Å². The minimum atomic E-state index is -0.0875. The molecule has 2 aromatic rings. The topological polar surface area (TPSA) is 52.0 Å². The van der Waals surface area contributed by atoms with E-state index in [-0.39, 0.29) is 6.04 Å². The predicted octanol–water partition coefficient (Wildman–Crippen LogP) is 2.29. The molecule has 0 aromatic carbocycles. The zero-order valence-corrected chi connectivity index (χ0v) is 8.75. The van der Waals surface area contributed by atoms with Crippen LogP contribution in [0, 0.1) is 6.92 Å². The largest absolute Gasteiger partial charge is 0.468 e. The van der Waals surface area contributed by atoms with Gasteiger partial charge in [-0.05, 0) is 19.1 Å². The summed E-state index contributed by atoms with van der Waals surface area (Å²) in [7, 11) is 0. The van der Waals surface area contributed by atoms with Gasteiger partial charge in [-0.15, -0.1) is 11.3 Å². The minimum absolute atomic E-state index is 0.0875. The lowest BCUT2D eigenvalue weighted by atomic mass is 10.2. The smallest absolute Gasteiger partial charge is 0.120 e. The van der Waals surface area contributed by atoms with Crippen LogP contribution >= 0.6 is 11.3 Å². The maximum atomic E-state index is 5.95. The molecule has 0 bridgehead atoms. The van der Waals surface area contributed by atoms with Gasteiger partial charge in [0.25, 0.3) is 0 Å². The van der Waals surface area contributed by atoms with Crippen LogP contribution in [0.3, 0.4) is 0 Å². The molecule has 1 unspecified atom stereocenters. The van der Waals surface area contributed by atoms with Gasteiger partial charge in [0.2, 0.25) is 0 Å². The summed E-state index contributed by atoms with van der Waals surface area (Å²) < 4.78 is 5.23. The molecule has 0 aliphatic heterocycles. The van der Waals surface area contributed by atoms with E-state index in [9.17, 15) is 0 Å². The van der Waals surface area contributed by atoms with Crippen LogP contribution in [0.15, 0.2) is 29.0 Å². The number of thiazole rings is 1. The number of aromatic nitrogens is 1. The molecule has 0 aliphatic rings. The fourth-order valence-electron chi connectivity index (χ4n) is 1.29. The van der Waals surface area contributed by atoms with Crippen molar-refractivity contribution in [2.45, 2.75) is 19.4 Å². The van der Waals surface area contributed by atoms with Crippen molar-refractivity contribution in [2.24, 2.45) is 5.73 Å². The highest BCUT2D eigenvalue weighted by Gasteiger charge is 2.11. The summed E-state index contributed by atoms with van der Waals surface area (Å²) in [5.41, 5.74) is 5.95. The molecule has 0 aliphatic carbocycles. The van der Waals surface area contributed by atoms with Crippen LogP contribution in [-0.2, 0) is 6.42 Å². The van der Waals surface area contributed by atoms with Gasteiger partial charge in [-0.1, -0.05) is 0 Å². The Kier molecular flexibility index (Phi) is 2.65. The highest BCUT2D eigenvalue weighted by Crippen LogP contribution is 2.19. The number of rotatable bonds is 3. The summed E-state index contributed by atoms with van der Waals surface area (Å²) in [4.78, 5) is 5.48. The van der Waals surface area contributed by atoms with E-state index in [1.165, 1.54) is 4.88 Å². The van der Waals surface area contributed by atoms with Crippen molar-refractivity contribution in [2.75, 3.05) is 0 Å². The normalized spacial score (nSPS) is 13.0. The zero-order valence-electron chi connectivity index (χ0n) is 7.93. The number of furan rings is 1. The van der Waals surface area contributed by atoms with Crippen molar-refractivity contribution < 1.29 is 4.42 Å². The maximum absolute atomic E-state index is 5.95. The van der Waals surface area contributed by atoms with Crippen LogP contribution in [0.1, 0.15) is 21.7 Å². The Morgan fingerprint density at radius 3 is 3.07 bits per heavy atom. The molecule has 2 N–H and O–H groups in total. The molecule has 0 fully saturated rings. The van der Waals surface area contributed by atoms with Crippen LogP contribution in [0.25, 0.3) is 0 Å². The van der Waals surface area contributed by atoms with Gasteiger partial charge in [0, 0.05) is 17.5 Å². The Bertz CT molecular complexity index is 394. The van der Waals surface area contributed by atoms with E-state index in [1.807, 2.05) is 25.3 Å². The van der Waals surface area contributed by atoms with Gasteiger partial charge >= 0.3 is 0 Å². The van der Waals surface area contributed by atoms with Crippen molar-refractivity contribution in [3.8, 4) is 0 Å². The average molecular weight is 208 g/mol. The van der Waals surface area contributed by atoms with Crippen molar-refractivity contribution in [1.29, 1.82) is 0 Å². The highest BCUT2D eigenvalue weighted by molar-refractivity contribution is 7.11. The molecule has 0 spiro atoms. The third-order valence-electron chi connectivity index (χ3n) is 1.97. The molecule has 14 heavy (non-hydrogen) atoms. The number of hydrogen-bond donors (Lipinski definition) is 1. The molecule has 1 atom stereocenters. The van der Waals surface area contributed by atoms with Crippen molar-refractivity contribution >= 4 is 11.3 Å². The number of nitrogens with two attached hydrogens (primary N) is 1. The van der Waals surface area contributed by atoms with Gasteiger partial charge in [0.15, 0.2) is 0 Å². The Balaban J connectivity index is 2.05. The van der Waals surface area contributed by atoms with Crippen LogP contribution in [0.5, 0.6) is 0 Å². The summed E-state index contributed by atoms with van der Waals surface area (Å²) in [5.74, 6) is 0.817. The molecule has 3 nitrogen and oxygen atoms in total. The Morgan fingerprint density at radius 1 is 1.64 bits per heavy atom. The second-order valence-electron chi connectivity index (χ2n) is 3.19. The third kappa shape index (κ3) is 2.02. The fourth-order valence-corrected chi connectivity index (χ4v) is 2.13. The third-order valence-corrected chi connectivity index (χ3v) is 2.91. The monoisotopic (exact) mass is 208 g/mol. The first kappa shape index (κ1) is 9.43. The van der Waals surface area contributed by atoms with Crippen molar-refractivity contribution in [1.82, 2.24) is 4.98 Å². The first-order valence-electron chi connectivity index (χ1n) is 4.46. The van der Waals surface area contributed by atoms with Gasteiger partial charge in [0.05, 0.1) is 17.3 Å². The summed E-state index contributed by atoms with van der Waals surface area (Å²) in [6.07, 6.45) is 4.25. The molecule has 2 heterocycles. The van der Waals surface area contributed by atoms with Crippen molar-refractivity contribution in [3.63, 3.8) is 0 Å².